The lowest BCUT2D eigenvalue weighted by Gasteiger charge is -2.36. The molecule has 2 unspecified atom stereocenters. The van der Waals surface area contributed by atoms with Gasteiger partial charge in [-0.15, -0.1) is 0 Å². The second kappa shape index (κ2) is 10.5. The van der Waals surface area contributed by atoms with Crippen molar-refractivity contribution in [3.05, 3.63) is 59.1 Å². The number of carbonyl (C=O) groups excluding carboxylic acids is 1. The minimum absolute atomic E-state index is 0.0256. The number of anilines is 1. The van der Waals surface area contributed by atoms with Gasteiger partial charge in [0.1, 0.15) is 0 Å². The molecule has 0 aliphatic carbocycles. The number of benzene rings is 2. The van der Waals surface area contributed by atoms with Crippen LogP contribution < -0.4 is 5.32 Å². The zero-order valence-corrected chi connectivity index (χ0v) is 20.0. The summed E-state index contributed by atoms with van der Waals surface area (Å²) in [5.41, 5.74) is 1.34. The minimum Gasteiger partial charge on any atom is -0.379 e. The molecule has 10 heteroatoms. The molecular weight excluding hydrogens is 466 g/mol. The molecule has 0 spiro atoms. The van der Waals surface area contributed by atoms with Crippen LogP contribution in [-0.4, -0.2) is 75.6 Å². The molecule has 4 rings (SSSR count). The van der Waals surface area contributed by atoms with Gasteiger partial charge in [0.25, 0.3) is 0 Å². The number of sulfonamides is 1. The Balaban J connectivity index is 1.43. The smallest absolute Gasteiger partial charge is 0.243 e. The predicted molar refractivity (Wildman–Crippen MR) is 126 cm³/mol. The summed E-state index contributed by atoms with van der Waals surface area (Å²) in [6.45, 7) is 4.65. The summed E-state index contributed by atoms with van der Waals surface area (Å²) in [4.78, 5) is 14.9. The molecule has 33 heavy (non-hydrogen) atoms. The summed E-state index contributed by atoms with van der Waals surface area (Å²) in [7, 11) is -3.69. The summed E-state index contributed by atoms with van der Waals surface area (Å²) in [6, 6.07) is 14.3. The fraction of sp³-hybridized carbons (Fsp3) is 0.435. The van der Waals surface area contributed by atoms with Gasteiger partial charge in [0.2, 0.25) is 15.9 Å². The highest BCUT2D eigenvalue weighted by atomic mass is 35.5. The number of hydrogen-bond acceptors (Lipinski definition) is 6. The van der Waals surface area contributed by atoms with Crippen molar-refractivity contribution in [3.8, 4) is 0 Å². The maximum absolute atomic E-state index is 13.0. The Morgan fingerprint density at radius 1 is 1.12 bits per heavy atom. The van der Waals surface area contributed by atoms with E-state index < -0.39 is 10.0 Å². The van der Waals surface area contributed by atoms with Crippen molar-refractivity contribution in [3.63, 3.8) is 0 Å². The molecular formula is C23H28ClN3O5S. The molecule has 2 heterocycles. The first-order chi connectivity index (χ1) is 15.8. The number of halogens is 1. The van der Waals surface area contributed by atoms with Crippen LogP contribution in [0, 0.1) is 0 Å². The van der Waals surface area contributed by atoms with E-state index in [9.17, 15) is 13.2 Å². The Morgan fingerprint density at radius 3 is 2.58 bits per heavy atom. The number of carbonyl (C=O) groups is 1. The summed E-state index contributed by atoms with van der Waals surface area (Å²) in [5, 5.41) is 3.06. The lowest BCUT2D eigenvalue weighted by molar-refractivity contribution is -0.122. The van der Waals surface area contributed by atoms with E-state index in [2.05, 4.69) is 5.32 Å². The average molecular weight is 494 g/mol. The standard InChI is InChI=1S/C23H28ClN3O5S/c1-17-14-26(15-22(32-17)18-5-3-2-4-6-18)16-23(28)25-21-13-19(7-8-20(21)24)33(29,30)27-9-11-31-12-10-27/h2-8,13,17,22H,9-12,14-16H2,1H3,(H,25,28). The molecule has 2 aromatic carbocycles. The second-order valence-electron chi connectivity index (χ2n) is 8.25. The summed E-state index contributed by atoms with van der Waals surface area (Å²) >= 11 is 6.27. The third-order valence-corrected chi connectivity index (χ3v) is 7.92. The van der Waals surface area contributed by atoms with Gasteiger partial charge >= 0.3 is 0 Å². The van der Waals surface area contributed by atoms with Crippen molar-refractivity contribution in [2.45, 2.75) is 24.0 Å². The Morgan fingerprint density at radius 2 is 1.85 bits per heavy atom. The first-order valence-electron chi connectivity index (χ1n) is 10.9. The summed E-state index contributed by atoms with van der Waals surface area (Å²) in [5.74, 6) is -0.265. The zero-order chi connectivity index (χ0) is 23.4. The number of morpholine rings is 2. The van der Waals surface area contributed by atoms with Gasteiger partial charge in [-0.1, -0.05) is 41.9 Å². The third-order valence-electron chi connectivity index (χ3n) is 5.69. The van der Waals surface area contributed by atoms with E-state index in [1.807, 2.05) is 42.2 Å². The van der Waals surface area contributed by atoms with Crippen LogP contribution in [0.3, 0.4) is 0 Å². The molecule has 0 saturated carbocycles. The van der Waals surface area contributed by atoms with Crippen molar-refractivity contribution < 1.29 is 22.7 Å². The highest BCUT2D eigenvalue weighted by Gasteiger charge is 2.29. The molecule has 8 nitrogen and oxygen atoms in total. The maximum atomic E-state index is 13.0. The van der Waals surface area contributed by atoms with E-state index >= 15 is 0 Å². The first-order valence-corrected chi connectivity index (χ1v) is 12.7. The number of ether oxygens (including phenoxy) is 2. The predicted octanol–water partition coefficient (Wildman–Crippen LogP) is 2.76. The molecule has 2 aromatic rings. The number of rotatable bonds is 6. The molecule has 2 aliphatic heterocycles. The van der Waals surface area contributed by atoms with Gasteiger partial charge in [-0.3, -0.25) is 9.69 Å². The Labute approximate surface area is 199 Å². The Hall–Kier alpha value is -2.01. The van der Waals surface area contributed by atoms with Crippen LogP contribution in [0.1, 0.15) is 18.6 Å². The van der Waals surface area contributed by atoms with E-state index in [4.69, 9.17) is 21.1 Å². The van der Waals surface area contributed by atoms with E-state index in [1.54, 1.807) is 0 Å². The molecule has 178 valence electrons. The highest BCUT2D eigenvalue weighted by Crippen LogP contribution is 2.28. The van der Waals surface area contributed by atoms with Crippen LogP contribution in [0.5, 0.6) is 0 Å². The molecule has 0 radical (unpaired) electrons. The number of amides is 1. The van der Waals surface area contributed by atoms with Crippen LogP contribution in [0.2, 0.25) is 5.02 Å². The topological polar surface area (TPSA) is 88.2 Å². The molecule has 0 aromatic heterocycles. The molecule has 1 amide bonds. The van der Waals surface area contributed by atoms with Gasteiger partial charge in [0.05, 0.1) is 47.6 Å². The summed E-state index contributed by atoms with van der Waals surface area (Å²) in [6.07, 6.45) is -0.143. The average Bonchev–Trinajstić information content (AvgIpc) is 2.81. The van der Waals surface area contributed by atoms with Crippen molar-refractivity contribution in [1.82, 2.24) is 9.21 Å². The van der Waals surface area contributed by atoms with Crippen LogP contribution in [-0.2, 0) is 24.3 Å². The van der Waals surface area contributed by atoms with E-state index in [0.29, 0.717) is 39.4 Å². The van der Waals surface area contributed by atoms with Crippen molar-refractivity contribution in [2.75, 3.05) is 51.3 Å². The second-order valence-corrected chi connectivity index (χ2v) is 10.6. The molecule has 2 aliphatic rings. The van der Waals surface area contributed by atoms with Crippen molar-refractivity contribution >= 4 is 33.2 Å². The molecule has 2 atom stereocenters. The van der Waals surface area contributed by atoms with Gasteiger partial charge in [0, 0.05) is 26.2 Å². The molecule has 2 saturated heterocycles. The van der Waals surface area contributed by atoms with Crippen LogP contribution >= 0.6 is 11.6 Å². The largest absolute Gasteiger partial charge is 0.379 e. The monoisotopic (exact) mass is 493 g/mol. The van der Waals surface area contributed by atoms with Gasteiger partial charge in [-0.2, -0.15) is 4.31 Å². The van der Waals surface area contributed by atoms with Gasteiger partial charge in [0.15, 0.2) is 0 Å². The Bertz CT molecular complexity index is 1080. The molecule has 2 fully saturated rings. The Kier molecular flexibility index (Phi) is 7.68. The van der Waals surface area contributed by atoms with Crippen molar-refractivity contribution in [2.24, 2.45) is 0 Å². The molecule has 1 N–H and O–H groups in total. The van der Waals surface area contributed by atoms with Crippen molar-refractivity contribution in [1.29, 1.82) is 0 Å². The lowest BCUT2D eigenvalue weighted by atomic mass is 10.1. The number of hydrogen-bond donors (Lipinski definition) is 1. The number of nitrogens with one attached hydrogen (secondary N) is 1. The summed E-state index contributed by atoms with van der Waals surface area (Å²) < 4.78 is 38.6. The molecule has 0 bridgehead atoms. The van der Waals surface area contributed by atoms with Crippen LogP contribution in [0.25, 0.3) is 0 Å². The fourth-order valence-corrected chi connectivity index (χ4v) is 5.71. The quantitative estimate of drug-likeness (QED) is 0.665. The first kappa shape index (κ1) is 24.1. The minimum atomic E-state index is -3.69. The van der Waals surface area contributed by atoms with Gasteiger partial charge in [-0.05, 0) is 30.7 Å². The zero-order valence-electron chi connectivity index (χ0n) is 18.4. The SMILES string of the molecule is CC1CN(CC(=O)Nc2cc(S(=O)(=O)N3CCOCC3)ccc2Cl)CC(c2ccccc2)O1. The van der Waals surface area contributed by atoms with Crippen LogP contribution in [0.15, 0.2) is 53.4 Å². The third kappa shape index (κ3) is 5.92. The highest BCUT2D eigenvalue weighted by molar-refractivity contribution is 7.89. The van der Waals surface area contributed by atoms with E-state index in [0.717, 1.165) is 5.56 Å². The van der Waals surface area contributed by atoms with Gasteiger partial charge in [-0.25, -0.2) is 8.42 Å². The van der Waals surface area contributed by atoms with E-state index in [1.165, 1.54) is 22.5 Å². The lowest BCUT2D eigenvalue weighted by Crippen LogP contribution is -2.46. The van der Waals surface area contributed by atoms with Gasteiger partial charge < -0.3 is 14.8 Å². The normalized spacial score (nSPS) is 22.7. The number of nitrogens with zero attached hydrogens (tertiary/aromatic N) is 2. The van der Waals surface area contributed by atoms with E-state index in [-0.39, 0.29) is 40.3 Å². The maximum Gasteiger partial charge on any atom is 0.243 e. The fourth-order valence-electron chi connectivity index (χ4n) is 4.11. The van der Waals surface area contributed by atoms with Crippen LogP contribution in [0.4, 0.5) is 5.69 Å².